The molecule has 21 heavy (non-hydrogen) atoms. The number of nitro groups is 1. The second kappa shape index (κ2) is 5.47. The summed E-state index contributed by atoms with van der Waals surface area (Å²) in [4.78, 5) is 22.7. The number of fused-ring (bicyclic) bond motifs is 2. The first-order valence-electron chi connectivity index (χ1n) is 7.58. The molecule has 0 radical (unpaired) electrons. The van der Waals surface area contributed by atoms with Crippen LogP contribution < -0.4 is 5.32 Å². The van der Waals surface area contributed by atoms with Crippen LogP contribution in [0.1, 0.15) is 37.7 Å². The molecular formula is C16H20N2O3. The molecule has 5 nitrogen and oxygen atoms in total. The summed E-state index contributed by atoms with van der Waals surface area (Å²) in [6.45, 7) is 1.67. The van der Waals surface area contributed by atoms with Crippen molar-refractivity contribution in [2.24, 2.45) is 17.8 Å². The number of carbonyl (C=O) groups is 1. The molecular weight excluding hydrogens is 268 g/mol. The van der Waals surface area contributed by atoms with Crippen molar-refractivity contribution in [3.63, 3.8) is 0 Å². The third-order valence-corrected chi connectivity index (χ3v) is 5.11. The van der Waals surface area contributed by atoms with E-state index in [0.717, 1.165) is 5.92 Å². The normalized spacial score (nSPS) is 26.8. The standard InChI is InChI=1S/C16H20N2O3/c1-10-14(3-2-4-15(10)18(20)21)17-16(19)9-13-8-11-5-6-12(13)7-11/h2-4,11-13H,5-9H2,1H3,(H,17,19). The van der Waals surface area contributed by atoms with Gasteiger partial charge in [0.15, 0.2) is 0 Å². The van der Waals surface area contributed by atoms with Gasteiger partial charge in [-0.1, -0.05) is 12.5 Å². The number of rotatable bonds is 4. The van der Waals surface area contributed by atoms with Crippen LogP contribution in [0.3, 0.4) is 0 Å². The molecule has 112 valence electrons. The van der Waals surface area contributed by atoms with Gasteiger partial charge >= 0.3 is 0 Å². The van der Waals surface area contributed by atoms with Gasteiger partial charge in [0.1, 0.15) is 0 Å². The van der Waals surface area contributed by atoms with E-state index in [2.05, 4.69) is 5.32 Å². The van der Waals surface area contributed by atoms with Crippen LogP contribution in [0.25, 0.3) is 0 Å². The first-order valence-corrected chi connectivity index (χ1v) is 7.58. The van der Waals surface area contributed by atoms with Crippen molar-refractivity contribution >= 4 is 17.3 Å². The molecule has 0 aromatic heterocycles. The van der Waals surface area contributed by atoms with Crippen LogP contribution in [0.4, 0.5) is 11.4 Å². The topological polar surface area (TPSA) is 72.2 Å². The van der Waals surface area contributed by atoms with Crippen LogP contribution in [-0.2, 0) is 4.79 Å². The smallest absolute Gasteiger partial charge is 0.274 e. The highest BCUT2D eigenvalue weighted by Crippen LogP contribution is 2.49. The van der Waals surface area contributed by atoms with Gasteiger partial charge in [-0.05, 0) is 50.0 Å². The lowest BCUT2D eigenvalue weighted by molar-refractivity contribution is -0.385. The number of anilines is 1. The fourth-order valence-electron chi connectivity index (χ4n) is 4.02. The lowest BCUT2D eigenvalue weighted by atomic mass is 9.86. The summed E-state index contributed by atoms with van der Waals surface area (Å²) in [6.07, 6.45) is 5.59. The predicted molar refractivity (Wildman–Crippen MR) is 80.0 cm³/mol. The molecule has 1 amide bonds. The fourth-order valence-corrected chi connectivity index (χ4v) is 4.02. The van der Waals surface area contributed by atoms with Crippen LogP contribution in [0.5, 0.6) is 0 Å². The second-order valence-electron chi connectivity index (χ2n) is 6.39. The number of nitrogens with one attached hydrogen (secondary N) is 1. The van der Waals surface area contributed by atoms with Crippen molar-refractivity contribution in [1.29, 1.82) is 0 Å². The molecule has 0 saturated heterocycles. The van der Waals surface area contributed by atoms with Gasteiger partial charge in [-0.25, -0.2) is 0 Å². The Morgan fingerprint density at radius 2 is 2.19 bits per heavy atom. The van der Waals surface area contributed by atoms with Crippen LogP contribution in [-0.4, -0.2) is 10.8 Å². The molecule has 2 fully saturated rings. The zero-order valence-electron chi connectivity index (χ0n) is 12.2. The average molecular weight is 288 g/mol. The molecule has 3 atom stereocenters. The Labute approximate surface area is 123 Å². The summed E-state index contributed by atoms with van der Waals surface area (Å²) >= 11 is 0. The highest BCUT2D eigenvalue weighted by Gasteiger charge is 2.40. The largest absolute Gasteiger partial charge is 0.326 e. The van der Waals surface area contributed by atoms with E-state index in [9.17, 15) is 14.9 Å². The molecule has 3 unspecified atom stereocenters. The number of hydrogen-bond acceptors (Lipinski definition) is 3. The molecule has 2 aliphatic carbocycles. The van der Waals surface area contributed by atoms with E-state index in [1.54, 1.807) is 19.1 Å². The highest BCUT2D eigenvalue weighted by molar-refractivity contribution is 5.92. The van der Waals surface area contributed by atoms with Crippen molar-refractivity contribution in [2.75, 3.05) is 5.32 Å². The molecule has 1 N–H and O–H groups in total. The Kier molecular flexibility index (Phi) is 3.66. The number of hydrogen-bond donors (Lipinski definition) is 1. The Morgan fingerprint density at radius 1 is 1.38 bits per heavy atom. The van der Waals surface area contributed by atoms with E-state index >= 15 is 0 Å². The van der Waals surface area contributed by atoms with E-state index in [1.807, 2.05) is 0 Å². The molecule has 0 aliphatic heterocycles. The van der Waals surface area contributed by atoms with Crippen LogP contribution in [0, 0.1) is 34.8 Å². The van der Waals surface area contributed by atoms with Gasteiger partial charge < -0.3 is 5.32 Å². The lowest BCUT2D eigenvalue weighted by Gasteiger charge is -2.21. The zero-order chi connectivity index (χ0) is 15.0. The minimum absolute atomic E-state index is 0.0175. The maximum absolute atomic E-state index is 12.2. The Morgan fingerprint density at radius 3 is 2.81 bits per heavy atom. The van der Waals surface area contributed by atoms with Crippen LogP contribution in [0.15, 0.2) is 18.2 Å². The number of amides is 1. The van der Waals surface area contributed by atoms with E-state index in [1.165, 1.54) is 31.7 Å². The minimum Gasteiger partial charge on any atom is -0.326 e. The van der Waals surface area contributed by atoms with E-state index in [0.29, 0.717) is 29.5 Å². The number of nitrogens with zero attached hydrogens (tertiary/aromatic N) is 1. The molecule has 1 aromatic rings. The monoisotopic (exact) mass is 288 g/mol. The van der Waals surface area contributed by atoms with Crippen LogP contribution >= 0.6 is 0 Å². The molecule has 2 saturated carbocycles. The fraction of sp³-hybridized carbons (Fsp3) is 0.562. The number of benzene rings is 1. The molecule has 1 aromatic carbocycles. The predicted octanol–water partition coefficient (Wildman–Crippen LogP) is 3.67. The van der Waals surface area contributed by atoms with Gasteiger partial charge in [-0.2, -0.15) is 0 Å². The summed E-state index contributed by atoms with van der Waals surface area (Å²) in [5.41, 5.74) is 1.12. The highest BCUT2D eigenvalue weighted by atomic mass is 16.6. The summed E-state index contributed by atoms with van der Waals surface area (Å²) in [5, 5.41) is 13.8. The van der Waals surface area contributed by atoms with Crippen molar-refractivity contribution in [1.82, 2.24) is 0 Å². The number of nitro benzene ring substituents is 1. The summed E-state index contributed by atoms with van der Waals surface area (Å²) in [7, 11) is 0. The zero-order valence-corrected chi connectivity index (χ0v) is 12.2. The lowest BCUT2D eigenvalue weighted by Crippen LogP contribution is -2.20. The number of carbonyl (C=O) groups excluding carboxylic acids is 1. The molecule has 3 rings (SSSR count). The summed E-state index contributed by atoms with van der Waals surface area (Å²) in [5.74, 6) is 2.03. The van der Waals surface area contributed by atoms with Gasteiger partial charge in [-0.3, -0.25) is 14.9 Å². The Bertz CT molecular complexity index is 585. The average Bonchev–Trinajstić information content (AvgIpc) is 3.03. The Hall–Kier alpha value is -1.91. The maximum atomic E-state index is 12.2. The van der Waals surface area contributed by atoms with Crippen LogP contribution in [0.2, 0.25) is 0 Å². The van der Waals surface area contributed by atoms with Crippen molar-refractivity contribution in [2.45, 2.75) is 39.0 Å². The van der Waals surface area contributed by atoms with E-state index in [-0.39, 0.29) is 11.6 Å². The van der Waals surface area contributed by atoms with Gasteiger partial charge in [0, 0.05) is 12.5 Å². The Balaban J connectivity index is 1.65. The molecule has 2 aliphatic rings. The van der Waals surface area contributed by atoms with Gasteiger partial charge in [0.25, 0.3) is 5.69 Å². The van der Waals surface area contributed by atoms with Gasteiger partial charge in [0.05, 0.1) is 16.2 Å². The van der Waals surface area contributed by atoms with Crippen molar-refractivity contribution < 1.29 is 9.72 Å². The minimum atomic E-state index is -0.416. The third kappa shape index (κ3) is 2.77. The molecule has 0 heterocycles. The maximum Gasteiger partial charge on any atom is 0.274 e. The van der Waals surface area contributed by atoms with Gasteiger partial charge in [-0.15, -0.1) is 0 Å². The van der Waals surface area contributed by atoms with E-state index < -0.39 is 4.92 Å². The first-order chi connectivity index (χ1) is 10.0. The third-order valence-electron chi connectivity index (χ3n) is 5.11. The van der Waals surface area contributed by atoms with E-state index in [4.69, 9.17) is 0 Å². The SMILES string of the molecule is Cc1c(NC(=O)CC2CC3CCC2C3)cccc1[N+](=O)[O-]. The molecule has 0 spiro atoms. The quantitative estimate of drug-likeness (QED) is 0.678. The first kappa shape index (κ1) is 14.0. The summed E-state index contributed by atoms with van der Waals surface area (Å²) < 4.78 is 0. The van der Waals surface area contributed by atoms with Crippen molar-refractivity contribution in [3.8, 4) is 0 Å². The second-order valence-corrected chi connectivity index (χ2v) is 6.39. The van der Waals surface area contributed by atoms with Crippen molar-refractivity contribution in [3.05, 3.63) is 33.9 Å². The molecule has 2 bridgehead atoms. The summed E-state index contributed by atoms with van der Waals surface area (Å²) in [6, 6.07) is 4.79. The molecule has 5 heteroatoms. The van der Waals surface area contributed by atoms with Gasteiger partial charge in [0.2, 0.25) is 5.91 Å².